The zero-order chi connectivity index (χ0) is 8.43. The quantitative estimate of drug-likeness (QED) is 0.589. The van der Waals surface area contributed by atoms with E-state index in [9.17, 15) is 4.39 Å². The van der Waals surface area contributed by atoms with E-state index in [1.165, 1.54) is 12.1 Å². The SMILES string of the molecule is Cc1c(C#N)ccc(F)c1S. The fourth-order valence-corrected chi connectivity index (χ4v) is 0.983. The van der Waals surface area contributed by atoms with Crippen molar-refractivity contribution in [3.8, 4) is 6.07 Å². The fraction of sp³-hybridized carbons (Fsp3) is 0.125. The van der Waals surface area contributed by atoms with E-state index < -0.39 is 0 Å². The Morgan fingerprint density at radius 2 is 2.18 bits per heavy atom. The first-order valence-corrected chi connectivity index (χ1v) is 3.49. The summed E-state index contributed by atoms with van der Waals surface area (Å²) < 4.78 is 12.7. The van der Waals surface area contributed by atoms with Crippen molar-refractivity contribution in [1.29, 1.82) is 5.26 Å². The highest BCUT2D eigenvalue weighted by Gasteiger charge is 2.04. The van der Waals surface area contributed by atoms with Gasteiger partial charge in [-0.25, -0.2) is 4.39 Å². The van der Waals surface area contributed by atoms with Crippen molar-refractivity contribution in [3.63, 3.8) is 0 Å². The molecule has 0 spiro atoms. The molecule has 0 aromatic heterocycles. The molecule has 1 rings (SSSR count). The van der Waals surface area contributed by atoms with E-state index in [2.05, 4.69) is 12.6 Å². The van der Waals surface area contributed by atoms with Gasteiger partial charge in [-0.3, -0.25) is 0 Å². The first kappa shape index (κ1) is 8.09. The van der Waals surface area contributed by atoms with Gasteiger partial charge in [0.15, 0.2) is 0 Å². The maximum Gasteiger partial charge on any atom is 0.136 e. The summed E-state index contributed by atoms with van der Waals surface area (Å²) in [5, 5.41) is 8.53. The Labute approximate surface area is 69.9 Å². The van der Waals surface area contributed by atoms with E-state index in [-0.39, 0.29) is 10.7 Å². The lowest BCUT2D eigenvalue weighted by atomic mass is 10.1. The van der Waals surface area contributed by atoms with Gasteiger partial charge in [-0.2, -0.15) is 5.26 Å². The molecule has 0 N–H and O–H groups in total. The summed E-state index contributed by atoms with van der Waals surface area (Å²) in [5.41, 5.74) is 1.06. The highest BCUT2D eigenvalue weighted by Crippen LogP contribution is 2.19. The number of rotatable bonds is 0. The largest absolute Gasteiger partial charge is 0.206 e. The summed E-state index contributed by atoms with van der Waals surface area (Å²) in [5.74, 6) is -0.384. The minimum Gasteiger partial charge on any atom is -0.206 e. The van der Waals surface area contributed by atoms with Crippen LogP contribution in [0.15, 0.2) is 17.0 Å². The van der Waals surface area contributed by atoms with Gasteiger partial charge in [-0.05, 0) is 24.6 Å². The minimum atomic E-state index is -0.384. The second-order valence-corrected chi connectivity index (χ2v) is 2.63. The molecule has 1 aromatic rings. The molecule has 0 aliphatic carbocycles. The molecule has 3 heteroatoms. The van der Waals surface area contributed by atoms with Crippen LogP contribution in [0.3, 0.4) is 0 Å². The number of nitriles is 1. The lowest BCUT2D eigenvalue weighted by molar-refractivity contribution is 0.600. The molecule has 0 saturated carbocycles. The molecule has 1 nitrogen and oxygen atoms in total. The van der Waals surface area contributed by atoms with Gasteiger partial charge >= 0.3 is 0 Å². The van der Waals surface area contributed by atoms with Gasteiger partial charge in [0, 0.05) is 4.90 Å². The third-order valence-corrected chi connectivity index (χ3v) is 2.05. The van der Waals surface area contributed by atoms with Crippen molar-refractivity contribution in [2.24, 2.45) is 0 Å². The summed E-state index contributed by atoms with van der Waals surface area (Å²) in [6.45, 7) is 1.67. The molecule has 0 unspecified atom stereocenters. The Kier molecular flexibility index (Phi) is 2.16. The van der Waals surface area contributed by atoms with E-state index in [1.807, 2.05) is 6.07 Å². The Morgan fingerprint density at radius 3 is 2.73 bits per heavy atom. The van der Waals surface area contributed by atoms with Crippen molar-refractivity contribution >= 4 is 12.6 Å². The summed E-state index contributed by atoms with van der Waals surface area (Å²) in [4.78, 5) is 0.254. The lowest BCUT2D eigenvalue weighted by Crippen LogP contribution is -1.87. The predicted octanol–water partition coefficient (Wildman–Crippen LogP) is 2.29. The topological polar surface area (TPSA) is 23.8 Å². The fourth-order valence-electron chi connectivity index (χ4n) is 0.788. The summed E-state index contributed by atoms with van der Waals surface area (Å²) in [6.07, 6.45) is 0. The second kappa shape index (κ2) is 2.93. The van der Waals surface area contributed by atoms with Crippen LogP contribution in [0.4, 0.5) is 4.39 Å². The molecule has 0 bridgehead atoms. The first-order valence-electron chi connectivity index (χ1n) is 3.05. The van der Waals surface area contributed by atoms with Crippen LogP contribution in [0, 0.1) is 24.1 Å². The monoisotopic (exact) mass is 167 g/mol. The molecule has 0 radical (unpaired) electrons. The van der Waals surface area contributed by atoms with Crippen molar-refractivity contribution in [2.45, 2.75) is 11.8 Å². The normalized spacial score (nSPS) is 9.27. The number of halogens is 1. The van der Waals surface area contributed by atoms with Crippen molar-refractivity contribution in [1.82, 2.24) is 0 Å². The van der Waals surface area contributed by atoms with Crippen molar-refractivity contribution in [3.05, 3.63) is 29.1 Å². The van der Waals surface area contributed by atoms with Crippen molar-refractivity contribution in [2.75, 3.05) is 0 Å². The first-order chi connectivity index (χ1) is 5.16. The predicted molar refractivity (Wildman–Crippen MR) is 43.1 cm³/mol. The zero-order valence-corrected chi connectivity index (χ0v) is 6.82. The Morgan fingerprint density at radius 1 is 1.55 bits per heavy atom. The maximum atomic E-state index is 12.7. The van der Waals surface area contributed by atoms with Gasteiger partial charge in [0.1, 0.15) is 5.82 Å². The van der Waals surface area contributed by atoms with Crippen LogP contribution < -0.4 is 0 Å². The van der Waals surface area contributed by atoms with Gasteiger partial charge < -0.3 is 0 Å². The van der Waals surface area contributed by atoms with Gasteiger partial charge in [0.05, 0.1) is 11.6 Å². The zero-order valence-electron chi connectivity index (χ0n) is 5.93. The standard InChI is InChI=1S/C8H6FNS/c1-5-6(4-10)2-3-7(9)8(5)11/h2-3,11H,1H3. The molecule has 0 aliphatic heterocycles. The molecule has 0 aliphatic rings. The van der Waals surface area contributed by atoms with E-state index >= 15 is 0 Å². The third-order valence-electron chi connectivity index (χ3n) is 1.50. The van der Waals surface area contributed by atoms with E-state index in [0.717, 1.165) is 0 Å². The van der Waals surface area contributed by atoms with Crippen LogP contribution in [0.1, 0.15) is 11.1 Å². The molecule has 0 amide bonds. The van der Waals surface area contributed by atoms with Gasteiger partial charge in [0.25, 0.3) is 0 Å². The number of hydrogen-bond donors (Lipinski definition) is 1. The lowest BCUT2D eigenvalue weighted by Gasteiger charge is -2.00. The average molecular weight is 167 g/mol. The van der Waals surface area contributed by atoms with Crippen LogP contribution in [0.25, 0.3) is 0 Å². The molecule has 0 heterocycles. The third kappa shape index (κ3) is 1.36. The second-order valence-electron chi connectivity index (χ2n) is 2.18. The van der Waals surface area contributed by atoms with Crippen molar-refractivity contribution < 1.29 is 4.39 Å². The van der Waals surface area contributed by atoms with Crippen LogP contribution >= 0.6 is 12.6 Å². The highest BCUT2D eigenvalue weighted by atomic mass is 32.1. The summed E-state index contributed by atoms with van der Waals surface area (Å²) in [7, 11) is 0. The summed E-state index contributed by atoms with van der Waals surface area (Å²) >= 11 is 3.91. The molecule has 0 saturated heterocycles. The number of nitrogens with zero attached hydrogens (tertiary/aromatic N) is 1. The number of thiol groups is 1. The van der Waals surface area contributed by atoms with Crippen LogP contribution in [-0.2, 0) is 0 Å². The number of hydrogen-bond acceptors (Lipinski definition) is 2. The molecular formula is C8H6FNS. The number of benzene rings is 1. The minimum absolute atomic E-state index is 0.254. The van der Waals surface area contributed by atoms with Gasteiger partial charge in [-0.15, -0.1) is 12.6 Å². The molecular weight excluding hydrogens is 161 g/mol. The van der Waals surface area contributed by atoms with E-state index in [4.69, 9.17) is 5.26 Å². The van der Waals surface area contributed by atoms with E-state index in [1.54, 1.807) is 6.92 Å². The molecule has 56 valence electrons. The Hall–Kier alpha value is -1.01. The molecule has 0 fully saturated rings. The molecule has 11 heavy (non-hydrogen) atoms. The summed E-state index contributed by atoms with van der Waals surface area (Å²) in [6, 6.07) is 4.64. The smallest absolute Gasteiger partial charge is 0.136 e. The Bertz CT molecular complexity index is 328. The van der Waals surface area contributed by atoms with Crippen LogP contribution in [-0.4, -0.2) is 0 Å². The van der Waals surface area contributed by atoms with Crippen LogP contribution in [0.2, 0.25) is 0 Å². The van der Waals surface area contributed by atoms with Crippen LogP contribution in [0.5, 0.6) is 0 Å². The van der Waals surface area contributed by atoms with E-state index in [0.29, 0.717) is 11.1 Å². The molecule has 0 atom stereocenters. The van der Waals surface area contributed by atoms with Gasteiger partial charge in [-0.1, -0.05) is 0 Å². The highest BCUT2D eigenvalue weighted by molar-refractivity contribution is 7.80. The maximum absolute atomic E-state index is 12.7. The van der Waals surface area contributed by atoms with Gasteiger partial charge in [0.2, 0.25) is 0 Å². The Balaban J connectivity index is 3.40. The molecule has 1 aromatic carbocycles. The average Bonchev–Trinajstić information content (AvgIpc) is 2.01.